The minimum absolute atomic E-state index is 0.227. The molecule has 0 bridgehead atoms. The molecule has 2 aliphatic rings. The van der Waals surface area contributed by atoms with Crippen molar-refractivity contribution in [3.63, 3.8) is 0 Å². The number of hydrogen-bond acceptors (Lipinski definition) is 4. The van der Waals surface area contributed by atoms with Crippen molar-refractivity contribution >= 4 is 5.91 Å². The Morgan fingerprint density at radius 1 is 1.15 bits per heavy atom. The Labute approximate surface area is 157 Å². The van der Waals surface area contributed by atoms with E-state index < -0.39 is 0 Å². The zero-order valence-electron chi connectivity index (χ0n) is 15.7. The molecule has 1 saturated carbocycles. The molecule has 1 aliphatic carbocycles. The normalized spacial score (nSPS) is 23.0. The third-order valence-electron chi connectivity index (χ3n) is 5.62. The highest BCUT2D eigenvalue weighted by atomic mass is 16.3. The average Bonchev–Trinajstić information content (AvgIpc) is 3.10. The molecule has 2 atom stereocenters. The number of benzene rings is 1. The average molecular weight is 360 g/mol. The van der Waals surface area contributed by atoms with Gasteiger partial charge in [0, 0.05) is 44.7 Å². The molecule has 0 spiro atoms. The van der Waals surface area contributed by atoms with Crippen LogP contribution in [0.3, 0.4) is 0 Å². The fourth-order valence-corrected chi connectivity index (χ4v) is 4.14. The number of nitrogens with one attached hydrogen (secondary N) is 2. The minimum Gasteiger partial charge on any atom is -0.390 e. The fourth-order valence-electron chi connectivity index (χ4n) is 4.14. The van der Waals surface area contributed by atoms with Gasteiger partial charge < -0.3 is 15.7 Å². The molecule has 0 aromatic heterocycles. The molecule has 3 N–H and O–H groups in total. The molecule has 1 aromatic rings. The summed E-state index contributed by atoms with van der Waals surface area (Å²) in [4.78, 5) is 14.6. The first-order valence-electron chi connectivity index (χ1n) is 10.2. The van der Waals surface area contributed by atoms with Crippen LogP contribution in [0.4, 0.5) is 0 Å². The van der Waals surface area contributed by atoms with Crippen LogP contribution < -0.4 is 10.6 Å². The summed E-state index contributed by atoms with van der Waals surface area (Å²) < 4.78 is 0. The number of amides is 1. The fraction of sp³-hybridized carbons (Fsp3) is 0.667. The van der Waals surface area contributed by atoms with E-state index in [4.69, 9.17) is 0 Å². The van der Waals surface area contributed by atoms with Crippen LogP contribution in [0.25, 0.3) is 0 Å². The summed E-state index contributed by atoms with van der Waals surface area (Å²) in [6, 6.07) is 10.5. The van der Waals surface area contributed by atoms with Crippen molar-refractivity contribution < 1.29 is 9.90 Å². The second-order valence-electron chi connectivity index (χ2n) is 7.86. The van der Waals surface area contributed by atoms with Crippen molar-refractivity contribution in [3.05, 3.63) is 35.9 Å². The molecule has 1 amide bonds. The molecule has 2 fully saturated rings. The first-order chi connectivity index (χ1) is 12.7. The Kier molecular flexibility index (Phi) is 7.47. The summed E-state index contributed by atoms with van der Waals surface area (Å²) in [5.74, 6) is 0.479. The molecular weight excluding hydrogens is 326 g/mol. The van der Waals surface area contributed by atoms with E-state index in [2.05, 4.69) is 27.7 Å². The van der Waals surface area contributed by atoms with Crippen molar-refractivity contribution in [2.75, 3.05) is 26.2 Å². The van der Waals surface area contributed by atoms with Crippen molar-refractivity contribution in [1.82, 2.24) is 15.5 Å². The Bertz CT molecular complexity index is 545. The predicted octanol–water partition coefficient (Wildman–Crippen LogP) is 1.91. The molecule has 144 valence electrons. The van der Waals surface area contributed by atoms with Crippen LogP contribution in [0.1, 0.15) is 44.1 Å². The van der Waals surface area contributed by atoms with E-state index in [9.17, 15) is 9.90 Å². The summed E-state index contributed by atoms with van der Waals surface area (Å²) in [6.45, 7) is 3.83. The van der Waals surface area contributed by atoms with Gasteiger partial charge in [0.25, 0.3) is 0 Å². The summed E-state index contributed by atoms with van der Waals surface area (Å²) in [5.41, 5.74) is 1.23. The molecule has 5 nitrogen and oxygen atoms in total. The lowest BCUT2D eigenvalue weighted by Crippen LogP contribution is -2.42. The zero-order valence-corrected chi connectivity index (χ0v) is 15.7. The molecule has 1 heterocycles. The van der Waals surface area contributed by atoms with Gasteiger partial charge in [0.2, 0.25) is 5.91 Å². The smallest absolute Gasteiger partial charge is 0.223 e. The highest BCUT2D eigenvalue weighted by molar-refractivity contribution is 5.79. The van der Waals surface area contributed by atoms with E-state index in [1.807, 2.05) is 18.2 Å². The number of hydrogen-bond donors (Lipinski definition) is 3. The minimum atomic E-state index is -0.383. The van der Waals surface area contributed by atoms with Crippen LogP contribution in [-0.4, -0.2) is 54.2 Å². The summed E-state index contributed by atoms with van der Waals surface area (Å²) in [5, 5.41) is 16.8. The maximum Gasteiger partial charge on any atom is 0.223 e. The molecule has 1 aliphatic heterocycles. The van der Waals surface area contributed by atoms with Gasteiger partial charge in [-0.1, -0.05) is 49.6 Å². The van der Waals surface area contributed by atoms with E-state index in [1.54, 1.807) is 0 Å². The van der Waals surface area contributed by atoms with Gasteiger partial charge >= 0.3 is 0 Å². The second-order valence-corrected chi connectivity index (χ2v) is 7.86. The molecule has 0 unspecified atom stereocenters. The van der Waals surface area contributed by atoms with Gasteiger partial charge in [-0.2, -0.15) is 0 Å². The number of carbonyl (C=O) groups is 1. The zero-order chi connectivity index (χ0) is 18.2. The number of nitrogens with zero attached hydrogens (tertiary/aromatic N) is 1. The van der Waals surface area contributed by atoms with Crippen molar-refractivity contribution in [1.29, 1.82) is 0 Å². The number of likely N-dealkylation sites (tertiary alicyclic amines) is 1. The van der Waals surface area contributed by atoms with E-state index in [0.717, 1.165) is 38.9 Å². The number of aliphatic hydroxyl groups is 1. The van der Waals surface area contributed by atoms with Crippen molar-refractivity contribution in [3.8, 4) is 0 Å². The third-order valence-corrected chi connectivity index (χ3v) is 5.62. The molecule has 0 radical (unpaired) electrons. The number of aliphatic hydroxyl groups excluding tert-OH is 1. The maximum atomic E-state index is 12.4. The van der Waals surface area contributed by atoms with Gasteiger partial charge in [-0.3, -0.25) is 9.69 Å². The lowest BCUT2D eigenvalue weighted by Gasteiger charge is -2.24. The van der Waals surface area contributed by atoms with Crippen LogP contribution in [0, 0.1) is 5.92 Å². The number of rotatable bonds is 8. The maximum absolute atomic E-state index is 12.4. The van der Waals surface area contributed by atoms with Crippen LogP contribution in [0.5, 0.6) is 0 Å². The number of carbonyl (C=O) groups excluding carboxylic acids is 1. The highest BCUT2D eigenvalue weighted by Gasteiger charge is 2.28. The first-order valence-corrected chi connectivity index (χ1v) is 10.2. The number of β-amino-alcohol motifs (C(OH)–C–C–N with tert-alkyl or cyclic N) is 1. The van der Waals surface area contributed by atoms with Crippen LogP contribution in [-0.2, 0) is 11.3 Å². The molecule has 3 rings (SSSR count). The van der Waals surface area contributed by atoms with Gasteiger partial charge in [0.05, 0.1) is 6.10 Å². The standard InChI is InChI=1S/C21H33N3O2/c25-20(14-22-13-17-7-3-1-4-8-17)16-24-12-11-19(15-24)23-21(26)18-9-5-2-6-10-18/h1,3-4,7-8,18-20,22,25H,2,5-6,9-16H2,(H,23,26)/t19-,20-/m1/s1. The van der Waals surface area contributed by atoms with Gasteiger partial charge in [0.15, 0.2) is 0 Å². The Balaban J connectivity index is 1.31. The lowest BCUT2D eigenvalue weighted by atomic mass is 9.88. The largest absolute Gasteiger partial charge is 0.390 e. The lowest BCUT2D eigenvalue weighted by molar-refractivity contribution is -0.126. The Morgan fingerprint density at radius 2 is 1.92 bits per heavy atom. The van der Waals surface area contributed by atoms with Gasteiger partial charge in [0.1, 0.15) is 0 Å². The third kappa shape index (κ3) is 6.08. The summed E-state index contributed by atoms with van der Waals surface area (Å²) in [6.07, 6.45) is 6.36. The quantitative estimate of drug-likeness (QED) is 0.663. The SMILES string of the molecule is O=C(N[C@@H]1CCN(C[C@H](O)CNCc2ccccc2)C1)C1CCCCC1. The highest BCUT2D eigenvalue weighted by Crippen LogP contribution is 2.24. The van der Waals surface area contributed by atoms with E-state index in [1.165, 1.54) is 24.8 Å². The van der Waals surface area contributed by atoms with E-state index in [-0.39, 0.29) is 24.0 Å². The Morgan fingerprint density at radius 3 is 2.69 bits per heavy atom. The molecule has 26 heavy (non-hydrogen) atoms. The molecular formula is C21H33N3O2. The van der Waals surface area contributed by atoms with Crippen LogP contribution in [0.2, 0.25) is 0 Å². The topological polar surface area (TPSA) is 64.6 Å². The van der Waals surface area contributed by atoms with E-state index >= 15 is 0 Å². The van der Waals surface area contributed by atoms with E-state index in [0.29, 0.717) is 13.1 Å². The van der Waals surface area contributed by atoms with Gasteiger partial charge in [-0.15, -0.1) is 0 Å². The predicted molar refractivity (Wildman–Crippen MR) is 104 cm³/mol. The monoisotopic (exact) mass is 359 g/mol. The van der Waals surface area contributed by atoms with Crippen LogP contribution >= 0.6 is 0 Å². The Hall–Kier alpha value is -1.43. The molecule has 1 saturated heterocycles. The molecule has 1 aromatic carbocycles. The molecule has 5 heteroatoms. The van der Waals surface area contributed by atoms with Crippen LogP contribution in [0.15, 0.2) is 30.3 Å². The second kappa shape index (κ2) is 10.0. The van der Waals surface area contributed by atoms with Crippen molar-refractivity contribution in [2.45, 2.75) is 57.2 Å². The first kappa shape index (κ1) is 19.3. The van der Waals surface area contributed by atoms with Crippen molar-refractivity contribution in [2.24, 2.45) is 5.92 Å². The van der Waals surface area contributed by atoms with Gasteiger partial charge in [-0.05, 0) is 24.8 Å². The van der Waals surface area contributed by atoms with Gasteiger partial charge in [-0.25, -0.2) is 0 Å². The summed E-state index contributed by atoms with van der Waals surface area (Å²) >= 11 is 0. The summed E-state index contributed by atoms with van der Waals surface area (Å²) in [7, 11) is 0.